The monoisotopic (exact) mass is 256 g/mol. The van der Waals surface area contributed by atoms with Crippen molar-refractivity contribution in [2.24, 2.45) is 0 Å². The average Bonchev–Trinajstić information content (AvgIpc) is 2.67. The van der Waals surface area contributed by atoms with Gasteiger partial charge in [0.15, 0.2) is 0 Å². The third-order valence-electron chi connectivity index (χ3n) is 2.83. The Kier molecular flexibility index (Phi) is 3.80. The van der Waals surface area contributed by atoms with Crippen molar-refractivity contribution >= 4 is 12.0 Å². The van der Waals surface area contributed by atoms with Gasteiger partial charge in [0.2, 0.25) is 0 Å². The number of hydrogen-bond donors (Lipinski definition) is 1. The molecule has 0 radical (unpaired) electrons. The summed E-state index contributed by atoms with van der Waals surface area (Å²) in [5, 5.41) is 13.0. The standard InChI is InChI=1S/C15H16N2O2/c1-11-9-12(2)17(16-11)10-14-5-3-13(4-6-14)7-8-15(18)19/h3-9H,10H2,1-2H3,(H,18,19)/b8-7+. The molecule has 0 bridgehead atoms. The van der Waals surface area contributed by atoms with E-state index in [-0.39, 0.29) is 0 Å². The summed E-state index contributed by atoms with van der Waals surface area (Å²) < 4.78 is 1.96. The molecule has 0 aliphatic heterocycles. The van der Waals surface area contributed by atoms with Gasteiger partial charge in [-0.3, -0.25) is 4.68 Å². The molecule has 4 nitrogen and oxygen atoms in total. The SMILES string of the molecule is Cc1cc(C)n(Cc2ccc(/C=C/C(=O)O)cc2)n1. The predicted octanol–water partition coefficient (Wildman–Crippen LogP) is 2.65. The Hall–Kier alpha value is -2.36. The molecule has 1 heterocycles. The second kappa shape index (κ2) is 5.52. The van der Waals surface area contributed by atoms with E-state index in [0.29, 0.717) is 0 Å². The summed E-state index contributed by atoms with van der Waals surface area (Å²) in [6.45, 7) is 4.73. The van der Waals surface area contributed by atoms with Crippen LogP contribution in [-0.4, -0.2) is 20.9 Å². The zero-order chi connectivity index (χ0) is 13.8. The first-order valence-corrected chi connectivity index (χ1v) is 6.05. The number of nitrogens with zero attached hydrogens (tertiary/aromatic N) is 2. The number of aliphatic carboxylic acids is 1. The fourth-order valence-electron chi connectivity index (χ4n) is 1.91. The lowest BCUT2D eigenvalue weighted by molar-refractivity contribution is -0.131. The van der Waals surface area contributed by atoms with Crippen LogP contribution in [0.5, 0.6) is 0 Å². The number of rotatable bonds is 4. The summed E-state index contributed by atoms with van der Waals surface area (Å²) in [6, 6.07) is 9.82. The molecule has 1 aromatic carbocycles. The average molecular weight is 256 g/mol. The lowest BCUT2D eigenvalue weighted by Gasteiger charge is -2.05. The molecular formula is C15H16N2O2. The highest BCUT2D eigenvalue weighted by molar-refractivity contribution is 5.85. The van der Waals surface area contributed by atoms with Crippen molar-refractivity contribution in [1.29, 1.82) is 0 Å². The Labute approximate surface area is 112 Å². The van der Waals surface area contributed by atoms with E-state index in [9.17, 15) is 4.79 Å². The maximum Gasteiger partial charge on any atom is 0.328 e. The fraction of sp³-hybridized carbons (Fsp3) is 0.200. The van der Waals surface area contributed by atoms with Crippen LogP contribution in [0.25, 0.3) is 6.08 Å². The molecule has 4 heteroatoms. The number of hydrogen-bond acceptors (Lipinski definition) is 2. The summed E-state index contributed by atoms with van der Waals surface area (Å²) in [5.41, 5.74) is 4.16. The predicted molar refractivity (Wildman–Crippen MR) is 73.9 cm³/mol. The van der Waals surface area contributed by atoms with Gasteiger partial charge in [0.25, 0.3) is 0 Å². The Morgan fingerprint density at radius 1 is 1.32 bits per heavy atom. The molecule has 1 N–H and O–H groups in total. The van der Waals surface area contributed by atoms with Crippen LogP contribution >= 0.6 is 0 Å². The van der Waals surface area contributed by atoms with E-state index in [1.807, 2.05) is 48.9 Å². The van der Waals surface area contributed by atoms with Crippen molar-refractivity contribution in [2.45, 2.75) is 20.4 Å². The van der Waals surface area contributed by atoms with Crippen LogP contribution in [0.2, 0.25) is 0 Å². The first-order chi connectivity index (χ1) is 9.04. The van der Waals surface area contributed by atoms with Crippen LogP contribution in [0.3, 0.4) is 0 Å². The summed E-state index contributed by atoms with van der Waals surface area (Å²) in [5.74, 6) is -0.938. The Balaban J connectivity index is 2.10. The van der Waals surface area contributed by atoms with E-state index in [1.54, 1.807) is 6.08 Å². The molecule has 0 amide bonds. The molecule has 0 atom stereocenters. The molecule has 19 heavy (non-hydrogen) atoms. The van der Waals surface area contributed by atoms with Gasteiger partial charge in [-0.2, -0.15) is 5.10 Å². The molecule has 0 aliphatic carbocycles. The molecule has 0 fully saturated rings. The first kappa shape index (κ1) is 13.1. The summed E-state index contributed by atoms with van der Waals surface area (Å²) >= 11 is 0. The number of carboxylic acid groups (broad SMARTS) is 1. The molecule has 1 aromatic heterocycles. The van der Waals surface area contributed by atoms with Crippen LogP contribution in [0.1, 0.15) is 22.5 Å². The van der Waals surface area contributed by atoms with Crippen molar-refractivity contribution < 1.29 is 9.90 Å². The minimum absolute atomic E-state index is 0.725. The third kappa shape index (κ3) is 3.55. The molecule has 0 spiro atoms. The topological polar surface area (TPSA) is 55.1 Å². The van der Waals surface area contributed by atoms with Crippen LogP contribution in [0.15, 0.2) is 36.4 Å². The van der Waals surface area contributed by atoms with Crippen molar-refractivity contribution in [2.75, 3.05) is 0 Å². The van der Waals surface area contributed by atoms with Crippen molar-refractivity contribution in [1.82, 2.24) is 9.78 Å². The molecule has 2 aromatic rings. The van der Waals surface area contributed by atoms with Gasteiger partial charge in [0.05, 0.1) is 12.2 Å². The minimum Gasteiger partial charge on any atom is -0.478 e. The van der Waals surface area contributed by atoms with Crippen molar-refractivity contribution in [3.63, 3.8) is 0 Å². The van der Waals surface area contributed by atoms with Crippen LogP contribution in [0.4, 0.5) is 0 Å². The molecule has 0 saturated carbocycles. The molecule has 98 valence electrons. The van der Waals surface area contributed by atoms with Gasteiger partial charge in [-0.1, -0.05) is 24.3 Å². The van der Waals surface area contributed by atoms with Crippen molar-refractivity contribution in [3.8, 4) is 0 Å². The molecule has 0 aliphatic rings. The molecular weight excluding hydrogens is 240 g/mol. The van der Waals surface area contributed by atoms with Gasteiger partial charge in [0, 0.05) is 11.8 Å². The van der Waals surface area contributed by atoms with Gasteiger partial charge in [-0.05, 0) is 37.1 Å². The molecule has 0 saturated heterocycles. The summed E-state index contributed by atoms with van der Waals surface area (Å²) in [6.07, 6.45) is 2.71. The lowest BCUT2D eigenvalue weighted by atomic mass is 10.1. The Bertz CT molecular complexity index is 610. The van der Waals surface area contributed by atoms with E-state index < -0.39 is 5.97 Å². The van der Waals surface area contributed by atoms with Crippen LogP contribution in [0, 0.1) is 13.8 Å². The second-order valence-electron chi connectivity index (χ2n) is 4.50. The Morgan fingerprint density at radius 2 is 2.00 bits per heavy atom. The van der Waals surface area contributed by atoms with Crippen LogP contribution < -0.4 is 0 Å². The number of aromatic nitrogens is 2. The number of carboxylic acids is 1. The van der Waals surface area contributed by atoms with E-state index in [4.69, 9.17) is 5.11 Å². The first-order valence-electron chi connectivity index (χ1n) is 6.05. The summed E-state index contributed by atoms with van der Waals surface area (Å²) in [4.78, 5) is 10.4. The van der Waals surface area contributed by atoms with E-state index in [1.165, 1.54) is 0 Å². The number of carbonyl (C=O) groups is 1. The highest BCUT2D eigenvalue weighted by Gasteiger charge is 2.01. The van der Waals surface area contributed by atoms with E-state index >= 15 is 0 Å². The summed E-state index contributed by atoms with van der Waals surface area (Å²) in [7, 11) is 0. The number of aryl methyl sites for hydroxylation is 2. The minimum atomic E-state index is -0.938. The largest absolute Gasteiger partial charge is 0.478 e. The normalized spacial score (nSPS) is 11.1. The van der Waals surface area contributed by atoms with E-state index in [2.05, 4.69) is 5.10 Å². The van der Waals surface area contributed by atoms with Gasteiger partial charge < -0.3 is 5.11 Å². The molecule has 0 unspecified atom stereocenters. The highest BCUT2D eigenvalue weighted by Crippen LogP contribution is 2.10. The fourth-order valence-corrected chi connectivity index (χ4v) is 1.91. The maximum atomic E-state index is 10.4. The molecule has 2 rings (SSSR count). The highest BCUT2D eigenvalue weighted by atomic mass is 16.4. The quantitative estimate of drug-likeness (QED) is 0.855. The van der Waals surface area contributed by atoms with Gasteiger partial charge in [-0.25, -0.2) is 4.79 Å². The second-order valence-corrected chi connectivity index (χ2v) is 4.50. The van der Waals surface area contributed by atoms with Crippen molar-refractivity contribution in [3.05, 3.63) is 58.9 Å². The third-order valence-corrected chi connectivity index (χ3v) is 2.83. The van der Waals surface area contributed by atoms with Gasteiger partial charge in [-0.15, -0.1) is 0 Å². The van der Waals surface area contributed by atoms with Crippen LogP contribution in [-0.2, 0) is 11.3 Å². The number of benzene rings is 1. The zero-order valence-electron chi connectivity index (χ0n) is 11.0. The lowest BCUT2D eigenvalue weighted by Crippen LogP contribution is -2.03. The van der Waals surface area contributed by atoms with Gasteiger partial charge in [0.1, 0.15) is 0 Å². The Morgan fingerprint density at radius 3 is 2.53 bits per heavy atom. The van der Waals surface area contributed by atoms with E-state index in [0.717, 1.165) is 35.1 Å². The zero-order valence-corrected chi connectivity index (χ0v) is 11.0. The maximum absolute atomic E-state index is 10.4. The smallest absolute Gasteiger partial charge is 0.328 e. The van der Waals surface area contributed by atoms with Gasteiger partial charge >= 0.3 is 5.97 Å².